The minimum absolute atomic E-state index is 0.305. The first kappa shape index (κ1) is 18.9. The first-order valence-corrected chi connectivity index (χ1v) is 9.47. The van der Waals surface area contributed by atoms with Crippen LogP contribution in [0, 0.1) is 0 Å². The van der Waals surface area contributed by atoms with Crippen LogP contribution in [0.1, 0.15) is 6.42 Å². The summed E-state index contributed by atoms with van der Waals surface area (Å²) >= 11 is 6.12. The van der Waals surface area contributed by atoms with Gasteiger partial charge >= 0.3 is 6.03 Å². The van der Waals surface area contributed by atoms with Gasteiger partial charge in [-0.2, -0.15) is 4.98 Å². The molecular formula is C20H19ClN6O2. The van der Waals surface area contributed by atoms with Crippen molar-refractivity contribution < 1.29 is 9.53 Å². The molecular weight excluding hydrogens is 392 g/mol. The predicted octanol–water partition coefficient (Wildman–Crippen LogP) is 4.05. The zero-order valence-electron chi connectivity index (χ0n) is 15.7. The van der Waals surface area contributed by atoms with Gasteiger partial charge in [0.1, 0.15) is 0 Å². The van der Waals surface area contributed by atoms with Crippen LogP contribution in [-0.2, 0) is 0 Å². The van der Waals surface area contributed by atoms with E-state index in [9.17, 15) is 4.79 Å². The molecule has 8 nitrogen and oxygen atoms in total. The van der Waals surface area contributed by atoms with Gasteiger partial charge in [-0.15, -0.1) is 0 Å². The van der Waals surface area contributed by atoms with Gasteiger partial charge in [-0.05, 0) is 30.7 Å². The van der Waals surface area contributed by atoms with Crippen molar-refractivity contribution in [3.05, 3.63) is 53.8 Å². The summed E-state index contributed by atoms with van der Waals surface area (Å²) < 4.78 is 5.06. The lowest BCUT2D eigenvalue weighted by Crippen LogP contribution is -2.36. The Bertz CT molecular complexity index is 1040. The minimum atomic E-state index is -0.340. The van der Waals surface area contributed by atoms with E-state index in [2.05, 4.69) is 20.6 Å². The highest BCUT2D eigenvalue weighted by Gasteiger charge is 2.24. The molecule has 29 heavy (non-hydrogen) atoms. The van der Waals surface area contributed by atoms with Crippen molar-refractivity contribution >= 4 is 35.0 Å². The first-order chi connectivity index (χ1) is 14.1. The number of hydrogen-bond acceptors (Lipinski definition) is 6. The monoisotopic (exact) mass is 410 g/mol. The number of halogens is 1. The van der Waals surface area contributed by atoms with Gasteiger partial charge in [0.25, 0.3) is 0 Å². The van der Waals surface area contributed by atoms with Gasteiger partial charge in [0.15, 0.2) is 11.6 Å². The number of fused-ring (bicyclic) bond motifs is 1. The number of pyridine rings is 1. The molecule has 2 N–H and O–H groups in total. The molecule has 0 aliphatic carbocycles. The van der Waals surface area contributed by atoms with Gasteiger partial charge in [-0.1, -0.05) is 23.7 Å². The van der Waals surface area contributed by atoms with Crippen molar-refractivity contribution in [1.82, 2.24) is 15.0 Å². The van der Waals surface area contributed by atoms with Crippen LogP contribution in [0.2, 0.25) is 5.02 Å². The zero-order valence-corrected chi connectivity index (χ0v) is 16.5. The molecule has 1 aliphatic rings. The van der Waals surface area contributed by atoms with E-state index in [-0.39, 0.29) is 6.03 Å². The molecule has 2 amide bonds. The predicted molar refractivity (Wildman–Crippen MR) is 113 cm³/mol. The number of nitrogens with zero attached hydrogens (tertiary/aromatic N) is 4. The van der Waals surface area contributed by atoms with E-state index in [4.69, 9.17) is 21.3 Å². The van der Waals surface area contributed by atoms with Crippen molar-refractivity contribution in [1.29, 1.82) is 0 Å². The van der Waals surface area contributed by atoms with Crippen LogP contribution in [0.15, 0.2) is 48.8 Å². The van der Waals surface area contributed by atoms with Crippen LogP contribution in [-0.4, -0.2) is 41.2 Å². The molecule has 3 heterocycles. The van der Waals surface area contributed by atoms with E-state index in [1.165, 1.54) is 19.5 Å². The van der Waals surface area contributed by atoms with E-state index >= 15 is 0 Å². The maximum Gasteiger partial charge on any atom is 0.328 e. The second-order valence-corrected chi connectivity index (χ2v) is 6.82. The molecule has 3 aromatic rings. The summed E-state index contributed by atoms with van der Waals surface area (Å²) in [6.45, 7) is 1.25. The number of nitrogens with one attached hydrogen (secondary N) is 2. The van der Waals surface area contributed by atoms with Crippen LogP contribution in [0.4, 0.5) is 22.1 Å². The number of urea groups is 1. The number of aromatic nitrogens is 3. The van der Waals surface area contributed by atoms with Crippen molar-refractivity contribution in [2.45, 2.75) is 6.42 Å². The summed E-state index contributed by atoms with van der Waals surface area (Å²) in [5, 5.41) is 6.72. The molecule has 2 aromatic heterocycles. The molecule has 0 spiro atoms. The lowest BCUT2D eigenvalue weighted by Gasteiger charge is -2.22. The molecule has 0 bridgehead atoms. The quantitative estimate of drug-likeness (QED) is 0.676. The van der Waals surface area contributed by atoms with E-state index in [0.717, 1.165) is 29.9 Å². The molecule has 0 saturated heterocycles. The third-order valence-corrected chi connectivity index (χ3v) is 4.66. The normalized spacial score (nSPS) is 13.1. The van der Waals surface area contributed by atoms with E-state index in [0.29, 0.717) is 29.1 Å². The van der Waals surface area contributed by atoms with E-state index in [1.54, 1.807) is 4.90 Å². The second kappa shape index (κ2) is 8.32. The second-order valence-electron chi connectivity index (χ2n) is 6.39. The van der Waals surface area contributed by atoms with Gasteiger partial charge in [0, 0.05) is 23.7 Å². The number of rotatable bonds is 3. The summed E-state index contributed by atoms with van der Waals surface area (Å²) in [4.78, 5) is 27.6. The summed E-state index contributed by atoms with van der Waals surface area (Å²) in [7, 11) is 1.49. The minimum Gasteiger partial charge on any atom is -0.480 e. The fourth-order valence-corrected chi connectivity index (χ4v) is 3.24. The van der Waals surface area contributed by atoms with Crippen molar-refractivity contribution in [2.24, 2.45) is 0 Å². The number of hydrogen-bond donors (Lipinski definition) is 2. The highest BCUT2D eigenvalue weighted by Crippen LogP contribution is 2.31. The number of benzene rings is 1. The van der Waals surface area contributed by atoms with Gasteiger partial charge in [0.05, 0.1) is 30.9 Å². The molecule has 9 heteroatoms. The average Bonchev–Trinajstić information content (AvgIpc) is 2.96. The van der Waals surface area contributed by atoms with Crippen LogP contribution >= 0.6 is 11.6 Å². The molecule has 4 rings (SSSR count). The number of anilines is 3. The van der Waals surface area contributed by atoms with Crippen molar-refractivity contribution in [3.8, 4) is 17.1 Å². The summed E-state index contributed by atoms with van der Waals surface area (Å²) in [6.07, 6.45) is 3.72. The van der Waals surface area contributed by atoms with Crippen LogP contribution in [0.5, 0.6) is 5.88 Å². The van der Waals surface area contributed by atoms with Gasteiger partial charge < -0.3 is 10.1 Å². The number of carbonyl (C=O) groups excluding carboxylic acids is 1. The number of amides is 2. The lowest BCUT2D eigenvalue weighted by atomic mass is 10.1. The standard InChI is InChI=1S/C20H19ClN6O2/c1-29-18-12-22-11-17(25-18)26-20(28)27-9-3-8-23-16-7-6-15(24-19(16)27)13-4-2-5-14(21)10-13/h2,4-7,10-12,23H,3,8-9H2,1H3,(H,25,26,28). The Hall–Kier alpha value is -3.39. The Morgan fingerprint density at radius 2 is 2.14 bits per heavy atom. The maximum atomic E-state index is 13.0. The molecule has 0 fully saturated rings. The number of ether oxygens (including phenoxy) is 1. The lowest BCUT2D eigenvalue weighted by molar-refractivity contribution is 0.256. The summed E-state index contributed by atoms with van der Waals surface area (Å²) in [5.74, 6) is 1.18. The number of carbonyl (C=O) groups is 1. The Balaban J connectivity index is 1.66. The molecule has 0 unspecified atom stereocenters. The van der Waals surface area contributed by atoms with Gasteiger partial charge in [-0.3, -0.25) is 15.2 Å². The van der Waals surface area contributed by atoms with Crippen molar-refractivity contribution in [3.63, 3.8) is 0 Å². The molecule has 1 aliphatic heterocycles. The Morgan fingerprint density at radius 1 is 1.24 bits per heavy atom. The molecule has 148 valence electrons. The highest BCUT2D eigenvalue weighted by atomic mass is 35.5. The van der Waals surface area contributed by atoms with Crippen LogP contribution in [0.25, 0.3) is 11.3 Å². The topological polar surface area (TPSA) is 92.3 Å². The fourth-order valence-electron chi connectivity index (χ4n) is 3.05. The third-order valence-electron chi connectivity index (χ3n) is 4.43. The largest absolute Gasteiger partial charge is 0.480 e. The Kier molecular flexibility index (Phi) is 5.44. The molecule has 1 aromatic carbocycles. The number of methoxy groups -OCH3 is 1. The first-order valence-electron chi connectivity index (χ1n) is 9.09. The van der Waals surface area contributed by atoms with Crippen LogP contribution in [0.3, 0.4) is 0 Å². The smallest absolute Gasteiger partial charge is 0.328 e. The molecule has 0 radical (unpaired) electrons. The van der Waals surface area contributed by atoms with Gasteiger partial charge in [-0.25, -0.2) is 9.78 Å². The summed E-state index contributed by atoms with van der Waals surface area (Å²) in [6, 6.07) is 11.0. The highest BCUT2D eigenvalue weighted by molar-refractivity contribution is 6.30. The average molecular weight is 411 g/mol. The van der Waals surface area contributed by atoms with E-state index in [1.807, 2.05) is 36.4 Å². The zero-order chi connectivity index (χ0) is 20.2. The van der Waals surface area contributed by atoms with Crippen molar-refractivity contribution in [2.75, 3.05) is 35.7 Å². The Morgan fingerprint density at radius 3 is 2.97 bits per heavy atom. The Labute approximate surface area is 172 Å². The fraction of sp³-hybridized carbons (Fsp3) is 0.200. The van der Waals surface area contributed by atoms with E-state index < -0.39 is 0 Å². The van der Waals surface area contributed by atoms with Crippen LogP contribution < -0.4 is 20.3 Å². The van der Waals surface area contributed by atoms with Gasteiger partial charge in [0.2, 0.25) is 5.88 Å². The molecule has 0 atom stereocenters. The summed E-state index contributed by atoms with van der Waals surface area (Å²) in [5.41, 5.74) is 2.40. The maximum absolute atomic E-state index is 13.0. The third kappa shape index (κ3) is 4.22. The molecule has 0 saturated carbocycles. The SMILES string of the molecule is COc1cncc(NC(=O)N2CCCNc3ccc(-c4cccc(Cl)c4)nc32)n1.